The molecule has 3 aromatic carbocycles. The van der Waals surface area contributed by atoms with Crippen molar-refractivity contribution in [1.82, 2.24) is 0 Å². The summed E-state index contributed by atoms with van der Waals surface area (Å²) in [7, 11) is 0. The van der Waals surface area contributed by atoms with Gasteiger partial charge in [0, 0.05) is 5.56 Å². The highest BCUT2D eigenvalue weighted by molar-refractivity contribution is 5.71. The fourth-order valence-electron chi connectivity index (χ4n) is 5.27. The van der Waals surface area contributed by atoms with Crippen LogP contribution in [0.4, 0.5) is 4.39 Å². The minimum Gasteiger partial charge on any atom is -0.392 e. The Balaban J connectivity index is 1.41. The Morgan fingerprint density at radius 2 is 1.50 bits per heavy atom. The zero-order valence-electron chi connectivity index (χ0n) is 20.4. The van der Waals surface area contributed by atoms with Crippen LogP contribution in [0.15, 0.2) is 78.9 Å². The summed E-state index contributed by atoms with van der Waals surface area (Å²) in [5.74, 6) is 0.805. The Morgan fingerprint density at radius 3 is 2.12 bits per heavy atom. The first-order valence-electron chi connectivity index (χ1n) is 12.9. The van der Waals surface area contributed by atoms with Gasteiger partial charge >= 0.3 is 0 Å². The van der Waals surface area contributed by atoms with Crippen LogP contribution < -0.4 is 0 Å². The molecule has 1 aliphatic rings. The Hall–Kier alpha value is -2.71. The standard InChI is InChI=1S/C32H37FO/c1-3-4-5-6-24-7-9-28(10-8-24)30-19-20-31(32(33)21-30)29-17-15-27(16-18-29)26-13-11-25(12-14-26)23(2)22-34/h7-10,15-21,25-26,34H,2-6,11-14,22H2,1H3. The Kier molecular flexibility index (Phi) is 8.34. The van der Waals surface area contributed by atoms with Crippen LogP contribution in [0.5, 0.6) is 0 Å². The van der Waals surface area contributed by atoms with Crippen molar-refractivity contribution >= 4 is 0 Å². The average Bonchev–Trinajstić information content (AvgIpc) is 2.89. The molecular weight excluding hydrogens is 419 g/mol. The quantitative estimate of drug-likeness (QED) is 0.252. The highest BCUT2D eigenvalue weighted by atomic mass is 19.1. The molecule has 4 rings (SSSR count). The average molecular weight is 457 g/mol. The molecular formula is C32H37FO. The van der Waals surface area contributed by atoms with Gasteiger partial charge in [-0.25, -0.2) is 4.39 Å². The number of hydrogen-bond donors (Lipinski definition) is 1. The van der Waals surface area contributed by atoms with E-state index in [0.717, 1.165) is 54.4 Å². The second kappa shape index (κ2) is 11.6. The van der Waals surface area contributed by atoms with Gasteiger partial charge in [-0.15, -0.1) is 0 Å². The largest absolute Gasteiger partial charge is 0.392 e. The second-order valence-electron chi connectivity index (χ2n) is 9.84. The van der Waals surface area contributed by atoms with Gasteiger partial charge in [0.05, 0.1) is 6.61 Å². The lowest BCUT2D eigenvalue weighted by molar-refractivity contribution is 0.285. The van der Waals surface area contributed by atoms with E-state index in [4.69, 9.17) is 0 Å². The molecule has 1 N–H and O–H groups in total. The van der Waals surface area contributed by atoms with Crippen molar-refractivity contribution in [1.29, 1.82) is 0 Å². The van der Waals surface area contributed by atoms with E-state index >= 15 is 4.39 Å². The van der Waals surface area contributed by atoms with Crippen molar-refractivity contribution < 1.29 is 9.50 Å². The maximum absolute atomic E-state index is 15.1. The van der Waals surface area contributed by atoms with Crippen molar-refractivity contribution in [2.75, 3.05) is 6.61 Å². The third-order valence-corrected chi connectivity index (χ3v) is 7.53. The zero-order chi connectivity index (χ0) is 23.9. The number of halogens is 1. The summed E-state index contributed by atoms with van der Waals surface area (Å²) in [6.45, 7) is 6.32. The number of aliphatic hydroxyl groups excluding tert-OH is 1. The van der Waals surface area contributed by atoms with Crippen LogP contribution in [0.1, 0.15) is 68.9 Å². The van der Waals surface area contributed by atoms with Crippen LogP contribution >= 0.6 is 0 Å². The maximum Gasteiger partial charge on any atom is 0.131 e. The van der Waals surface area contributed by atoms with Crippen LogP contribution in [0, 0.1) is 11.7 Å². The van der Waals surface area contributed by atoms with E-state index in [0.29, 0.717) is 17.4 Å². The number of unbranched alkanes of at least 4 members (excludes halogenated alkanes) is 2. The van der Waals surface area contributed by atoms with Crippen LogP contribution in [0.3, 0.4) is 0 Å². The molecule has 0 spiro atoms. The van der Waals surface area contributed by atoms with Gasteiger partial charge in [0.1, 0.15) is 5.82 Å². The number of benzene rings is 3. The molecule has 0 aromatic heterocycles. The molecule has 1 saturated carbocycles. The second-order valence-corrected chi connectivity index (χ2v) is 9.84. The van der Waals surface area contributed by atoms with Gasteiger partial charge in [0.25, 0.3) is 0 Å². The summed E-state index contributed by atoms with van der Waals surface area (Å²) >= 11 is 0. The Morgan fingerprint density at radius 1 is 0.853 bits per heavy atom. The van der Waals surface area contributed by atoms with Gasteiger partial charge in [-0.1, -0.05) is 87.0 Å². The maximum atomic E-state index is 15.1. The summed E-state index contributed by atoms with van der Waals surface area (Å²) in [4.78, 5) is 0. The molecule has 0 aliphatic heterocycles. The molecule has 0 atom stereocenters. The fraction of sp³-hybridized carbons (Fsp3) is 0.375. The predicted octanol–water partition coefficient (Wildman–Crippen LogP) is 8.71. The first kappa shape index (κ1) is 24.4. The van der Waals surface area contributed by atoms with Gasteiger partial charge in [-0.05, 0) is 89.8 Å². The SMILES string of the molecule is C=C(CO)C1CCC(c2ccc(-c3ccc(-c4ccc(CCCCC)cc4)cc3F)cc2)CC1. The molecule has 0 saturated heterocycles. The monoisotopic (exact) mass is 456 g/mol. The molecule has 1 fully saturated rings. The van der Waals surface area contributed by atoms with Gasteiger partial charge in [-0.3, -0.25) is 0 Å². The van der Waals surface area contributed by atoms with Crippen LogP contribution in [-0.4, -0.2) is 11.7 Å². The topological polar surface area (TPSA) is 20.2 Å². The van der Waals surface area contributed by atoms with E-state index in [1.807, 2.05) is 12.1 Å². The molecule has 1 aliphatic carbocycles. The van der Waals surface area contributed by atoms with E-state index < -0.39 is 0 Å². The lowest BCUT2D eigenvalue weighted by atomic mass is 9.76. The highest BCUT2D eigenvalue weighted by Crippen LogP contribution is 2.39. The van der Waals surface area contributed by atoms with Crippen LogP contribution in [-0.2, 0) is 6.42 Å². The molecule has 0 heterocycles. The van der Waals surface area contributed by atoms with Crippen molar-refractivity contribution in [2.24, 2.45) is 5.92 Å². The van der Waals surface area contributed by atoms with E-state index in [1.54, 1.807) is 6.07 Å². The molecule has 0 unspecified atom stereocenters. The third-order valence-electron chi connectivity index (χ3n) is 7.53. The van der Waals surface area contributed by atoms with Crippen molar-refractivity contribution in [3.63, 3.8) is 0 Å². The summed E-state index contributed by atoms with van der Waals surface area (Å²) in [6.07, 6.45) is 9.22. The molecule has 3 aromatic rings. The smallest absolute Gasteiger partial charge is 0.131 e. The van der Waals surface area contributed by atoms with E-state index in [9.17, 15) is 5.11 Å². The summed E-state index contributed by atoms with van der Waals surface area (Å²) in [6, 6.07) is 22.6. The zero-order valence-corrected chi connectivity index (χ0v) is 20.4. The minimum atomic E-state index is -0.180. The fourth-order valence-corrected chi connectivity index (χ4v) is 5.27. The van der Waals surface area contributed by atoms with Crippen molar-refractivity contribution in [3.05, 3.63) is 95.8 Å². The molecule has 0 radical (unpaired) electrons. The lowest BCUT2D eigenvalue weighted by Crippen LogP contribution is -2.16. The lowest BCUT2D eigenvalue weighted by Gasteiger charge is -2.29. The highest BCUT2D eigenvalue weighted by Gasteiger charge is 2.23. The Bertz CT molecular complexity index is 1070. The number of aliphatic hydroxyl groups is 1. The molecule has 2 heteroatoms. The molecule has 34 heavy (non-hydrogen) atoms. The summed E-state index contributed by atoms with van der Waals surface area (Å²) in [5, 5.41) is 9.33. The number of hydrogen-bond acceptors (Lipinski definition) is 1. The summed E-state index contributed by atoms with van der Waals surface area (Å²) in [5.41, 5.74) is 7.18. The predicted molar refractivity (Wildman–Crippen MR) is 141 cm³/mol. The van der Waals surface area contributed by atoms with E-state index in [1.165, 1.54) is 30.4 Å². The van der Waals surface area contributed by atoms with Gasteiger partial charge in [0.15, 0.2) is 0 Å². The van der Waals surface area contributed by atoms with Crippen molar-refractivity contribution in [2.45, 2.75) is 64.2 Å². The first-order valence-corrected chi connectivity index (χ1v) is 12.9. The van der Waals surface area contributed by atoms with E-state index in [-0.39, 0.29) is 12.4 Å². The van der Waals surface area contributed by atoms with E-state index in [2.05, 4.69) is 62.0 Å². The molecule has 1 nitrogen and oxygen atoms in total. The molecule has 0 bridgehead atoms. The minimum absolute atomic E-state index is 0.0960. The van der Waals surface area contributed by atoms with Crippen LogP contribution in [0.2, 0.25) is 0 Å². The summed E-state index contributed by atoms with van der Waals surface area (Å²) < 4.78 is 15.1. The number of rotatable bonds is 9. The van der Waals surface area contributed by atoms with Crippen molar-refractivity contribution in [3.8, 4) is 22.3 Å². The Labute approximate surface area is 204 Å². The molecule has 0 amide bonds. The first-order chi connectivity index (χ1) is 16.6. The van der Waals surface area contributed by atoms with Gasteiger partial charge < -0.3 is 5.11 Å². The van der Waals surface area contributed by atoms with Gasteiger partial charge in [0.2, 0.25) is 0 Å². The number of aryl methyl sites for hydroxylation is 1. The van der Waals surface area contributed by atoms with Crippen LogP contribution in [0.25, 0.3) is 22.3 Å². The third kappa shape index (κ3) is 5.85. The normalized spacial score (nSPS) is 18.1. The van der Waals surface area contributed by atoms with Gasteiger partial charge in [-0.2, -0.15) is 0 Å². The molecule has 178 valence electrons.